The van der Waals surface area contributed by atoms with E-state index in [2.05, 4.69) is 25.6 Å². The highest BCUT2D eigenvalue weighted by Gasteiger charge is 2.19. The highest BCUT2D eigenvalue weighted by atomic mass is 79.9. The fourth-order valence-electron chi connectivity index (χ4n) is 1.11. The summed E-state index contributed by atoms with van der Waals surface area (Å²) in [4.78, 5) is 3.85. The normalized spacial score (nSPS) is 11.5. The predicted octanol–water partition coefficient (Wildman–Crippen LogP) is 4.01. The molecule has 0 saturated carbocycles. The number of anilines is 1. The zero-order chi connectivity index (χ0) is 13.3. The van der Waals surface area contributed by atoms with Gasteiger partial charge in [0, 0.05) is 0 Å². The van der Waals surface area contributed by atoms with Gasteiger partial charge in [-0.25, -0.2) is 13.4 Å². The molecule has 2 aromatic heterocycles. The van der Waals surface area contributed by atoms with E-state index in [-0.39, 0.29) is 15.2 Å². The maximum Gasteiger partial charge on any atom is 0.272 e. The van der Waals surface area contributed by atoms with Crippen LogP contribution in [0.1, 0.15) is 0 Å². The molecule has 0 bridgehead atoms. The largest absolute Gasteiger partial charge is 0.272 e. The summed E-state index contributed by atoms with van der Waals surface area (Å²) in [6.45, 7) is 0. The maximum atomic E-state index is 12.0. The van der Waals surface area contributed by atoms with E-state index in [1.165, 1.54) is 12.1 Å². The second-order valence-electron chi connectivity index (χ2n) is 3.14. The Bertz CT molecular complexity index is 668. The minimum absolute atomic E-state index is 0.0983. The Balaban J connectivity index is 2.33. The van der Waals surface area contributed by atoms with Gasteiger partial charge in [-0.3, -0.25) is 4.72 Å². The Labute approximate surface area is 126 Å². The first-order chi connectivity index (χ1) is 8.38. The predicted molar refractivity (Wildman–Crippen MR) is 77.1 cm³/mol. The van der Waals surface area contributed by atoms with Crippen molar-refractivity contribution in [1.29, 1.82) is 0 Å². The van der Waals surface area contributed by atoms with Crippen molar-refractivity contribution in [3.63, 3.8) is 0 Å². The molecule has 0 aliphatic rings. The Morgan fingerprint density at radius 1 is 1.33 bits per heavy atom. The molecule has 0 atom stereocenters. The van der Waals surface area contributed by atoms with E-state index in [9.17, 15) is 8.42 Å². The van der Waals surface area contributed by atoms with Gasteiger partial charge in [0.05, 0.1) is 8.81 Å². The van der Waals surface area contributed by atoms with Crippen molar-refractivity contribution in [2.24, 2.45) is 0 Å². The van der Waals surface area contributed by atoms with Gasteiger partial charge in [0.2, 0.25) is 0 Å². The van der Waals surface area contributed by atoms with Crippen molar-refractivity contribution < 1.29 is 8.42 Å². The fraction of sp³-hybridized carbons (Fsp3) is 0. The van der Waals surface area contributed by atoms with Crippen LogP contribution < -0.4 is 4.72 Å². The molecule has 0 spiro atoms. The number of nitrogens with zero attached hydrogens (tertiary/aromatic N) is 1. The van der Waals surface area contributed by atoms with Crippen LogP contribution in [0, 0.1) is 0 Å². The topological polar surface area (TPSA) is 59.1 Å². The Kier molecular flexibility index (Phi) is 4.18. The SMILES string of the molecule is O=S(=O)(Nc1cccc(Cl)n1)c1cc(Cl)c(Br)s1. The molecular weight excluding hydrogens is 383 g/mol. The van der Waals surface area contributed by atoms with Gasteiger partial charge in [-0.2, -0.15) is 0 Å². The summed E-state index contributed by atoms with van der Waals surface area (Å²) in [6.07, 6.45) is 0. The number of pyridine rings is 1. The number of nitrogens with one attached hydrogen (secondary N) is 1. The molecule has 18 heavy (non-hydrogen) atoms. The van der Waals surface area contributed by atoms with Crippen molar-refractivity contribution >= 4 is 66.3 Å². The van der Waals surface area contributed by atoms with Gasteiger partial charge in [-0.15, -0.1) is 11.3 Å². The lowest BCUT2D eigenvalue weighted by atomic mass is 10.5. The molecule has 2 heterocycles. The highest BCUT2D eigenvalue weighted by Crippen LogP contribution is 2.35. The first-order valence-corrected chi connectivity index (χ1v) is 8.33. The first kappa shape index (κ1) is 14.1. The molecular formula is C9H5BrCl2N2O2S2. The van der Waals surface area contributed by atoms with E-state index in [0.29, 0.717) is 8.81 Å². The molecule has 0 fully saturated rings. The average molecular weight is 388 g/mol. The number of halogens is 3. The van der Waals surface area contributed by atoms with Crippen LogP contribution in [0.25, 0.3) is 0 Å². The fourth-order valence-corrected chi connectivity index (χ4v) is 4.68. The van der Waals surface area contributed by atoms with Gasteiger partial charge in [0.25, 0.3) is 10.0 Å². The van der Waals surface area contributed by atoms with Crippen molar-refractivity contribution in [2.75, 3.05) is 4.72 Å². The van der Waals surface area contributed by atoms with E-state index in [0.717, 1.165) is 11.3 Å². The highest BCUT2D eigenvalue weighted by molar-refractivity contribution is 9.11. The molecule has 2 rings (SSSR count). The summed E-state index contributed by atoms with van der Waals surface area (Å²) >= 11 is 15.7. The molecule has 0 aliphatic carbocycles. The van der Waals surface area contributed by atoms with Crippen LogP contribution >= 0.6 is 50.5 Å². The smallest absolute Gasteiger partial charge is 0.263 e. The van der Waals surface area contributed by atoms with Crippen LogP contribution in [0.15, 0.2) is 32.3 Å². The van der Waals surface area contributed by atoms with Crippen LogP contribution in [-0.4, -0.2) is 13.4 Å². The molecule has 0 radical (unpaired) electrons. The number of hydrogen-bond donors (Lipinski definition) is 1. The molecule has 2 aromatic rings. The summed E-state index contributed by atoms with van der Waals surface area (Å²) in [5.41, 5.74) is 0. The van der Waals surface area contributed by atoms with Gasteiger partial charge in [0.15, 0.2) is 0 Å². The Morgan fingerprint density at radius 2 is 2.06 bits per heavy atom. The van der Waals surface area contributed by atoms with Gasteiger partial charge in [-0.05, 0) is 34.1 Å². The number of thiophene rings is 1. The van der Waals surface area contributed by atoms with Gasteiger partial charge < -0.3 is 0 Å². The van der Waals surface area contributed by atoms with Gasteiger partial charge >= 0.3 is 0 Å². The summed E-state index contributed by atoms with van der Waals surface area (Å²) in [7, 11) is -3.70. The van der Waals surface area contributed by atoms with Crippen molar-refractivity contribution in [2.45, 2.75) is 4.21 Å². The molecule has 0 saturated heterocycles. The van der Waals surface area contributed by atoms with Crippen LogP contribution in [0.2, 0.25) is 10.2 Å². The van der Waals surface area contributed by atoms with Crippen LogP contribution in [0.4, 0.5) is 5.82 Å². The molecule has 4 nitrogen and oxygen atoms in total. The maximum absolute atomic E-state index is 12.0. The summed E-state index contributed by atoms with van der Waals surface area (Å²) < 4.78 is 27.0. The molecule has 1 N–H and O–H groups in total. The second kappa shape index (κ2) is 5.34. The summed E-state index contributed by atoms with van der Waals surface area (Å²) in [6, 6.07) is 6.03. The van der Waals surface area contributed by atoms with E-state index < -0.39 is 10.0 Å². The lowest BCUT2D eigenvalue weighted by molar-refractivity contribution is 0.603. The van der Waals surface area contributed by atoms with Gasteiger partial charge in [-0.1, -0.05) is 29.3 Å². The first-order valence-electron chi connectivity index (χ1n) is 4.49. The van der Waals surface area contributed by atoms with Crippen molar-refractivity contribution in [3.8, 4) is 0 Å². The Hall–Kier alpha value is -0.340. The third-order valence-corrected chi connectivity index (χ3v) is 6.35. The standard InChI is InChI=1S/C9H5BrCl2N2O2S2/c10-9-5(11)4-8(17-9)18(15,16)14-7-3-1-2-6(12)13-7/h1-4H,(H,13,14). The zero-order valence-corrected chi connectivity index (χ0v) is 13.3. The van der Waals surface area contributed by atoms with E-state index in [1.54, 1.807) is 12.1 Å². The number of rotatable bonds is 3. The van der Waals surface area contributed by atoms with Crippen LogP contribution in [0.5, 0.6) is 0 Å². The van der Waals surface area contributed by atoms with E-state index in [4.69, 9.17) is 23.2 Å². The molecule has 0 aliphatic heterocycles. The third-order valence-electron chi connectivity index (χ3n) is 1.84. The van der Waals surface area contributed by atoms with Crippen molar-refractivity contribution in [1.82, 2.24) is 4.98 Å². The summed E-state index contributed by atoms with van der Waals surface area (Å²) in [5, 5.41) is 0.556. The van der Waals surface area contributed by atoms with E-state index in [1.807, 2.05) is 0 Å². The number of sulfonamides is 1. The minimum atomic E-state index is -3.70. The van der Waals surface area contributed by atoms with Crippen LogP contribution in [0.3, 0.4) is 0 Å². The number of hydrogen-bond acceptors (Lipinski definition) is 4. The Morgan fingerprint density at radius 3 is 2.61 bits per heavy atom. The quantitative estimate of drug-likeness (QED) is 0.809. The van der Waals surface area contributed by atoms with Crippen molar-refractivity contribution in [3.05, 3.63) is 38.2 Å². The second-order valence-corrected chi connectivity index (χ2v) is 8.21. The lowest BCUT2D eigenvalue weighted by Gasteiger charge is -2.04. The molecule has 0 aromatic carbocycles. The molecule has 0 amide bonds. The van der Waals surface area contributed by atoms with Crippen LogP contribution in [-0.2, 0) is 10.0 Å². The number of aromatic nitrogens is 1. The molecule has 96 valence electrons. The molecule has 0 unspecified atom stereocenters. The minimum Gasteiger partial charge on any atom is -0.263 e. The van der Waals surface area contributed by atoms with E-state index >= 15 is 0 Å². The monoisotopic (exact) mass is 386 g/mol. The summed E-state index contributed by atoms with van der Waals surface area (Å²) in [5.74, 6) is 0.156. The third kappa shape index (κ3) is 3.16. The average Bonchev–Trinajstić information content (AvgIpc) is 2.59. The lowest BCUT2D eigenvalue weighted by Crippen LogP contribution is -2.12. The molecule has 9 heteroatoms. The van der Waals surface area contributed by atoms with Gasteiger partial charge in [0.1, 0.15) is 15.2 Å². The zero-order valence-electron chi connectivity index (χ0n) is 8.52.